The van der Waals surface area contributed by atoms with E-state index in [9.17, 15) is 12.8 Å². The van der Waals surface area contributed by atoms with Crippen molar-refractivity contribution in [1.29, 1.82) is 0 Å². The SMILES string of the molecule is NC(=S)c1cc(NS(=O)(=O)C2CCOCC2)ccc1F. The van der Waals surface area contributed by atoms with E-state index < -0.39 is 21.1 Å². The maximum absolute atomic E-state index is 13.4. The lowest BCUT2D eigenvalue weighted by atomic mass is 10.2. The van der Waals surface area contributed by atoms with Crippen LogP contribution in [0.2, 0.25) is 0 Å². The molecule has 0 atom stereocenters. The van der Waals surface area contributed by atoms with Crippen molar-refractivity contribution in [2.75, 3.05) is 17.9 Å². The highest BCUT2D eigenvalue weighted by Crippen LogP contribution is 2.21. The van der Waals surface area contributed by atoms with Crippen molar-refractivity contribution in [3.63, 3.8) is 0 Å². The van der Waals surface area contributed by atoms with Crippen LogP contribution in [0, 0.1) is 5.82 Å². The summed E-state index contributed by atoms with van der Waals surface area (Å²) in [6.45, 7) is 0.847. The molecule has 0 unspecified atom stereocenters. The molecule has 20 heavy (non-hydrogen) atoms. The fraction of sp³-hybridized carbons (Fsp3) is 0.417. The largest absolute Gasteiger partial charge is 0.389 e. The molecule has 0 amide bonds. The van der Waals surface area contributed by atoms with Crippen molar-refractivity contribution in [3.8, 4) is 0 Å². The van der Waals surface area contributed by atoms with E-state index in [1.165, 1.54) is 12.1 Å². The van der Waals surface area contributed by atoms with Gasteiger partial charge in [-0.15, -0.1) is 0 Å². The number of halogens is 1. The van der Waals surface area contributed by atoms with Gasteiger partial charge >= 0.3 is 0 Å². The molecule has 3 N–H and O–H groups in total. The van der Waals surface area contributed by atoms with Crippen LogP contribution in [-0.2, 0) is 14.8 Å². The molecule has 1 aromatic carbocycles. The predicted molar refractivity (Wildman–Crippen MR) is 78.7 cm³/mol. The van der Waals surface area contributed by atoms with Crippen LogP contribution in [0.5, 0.6) is 0 Å². The van der Waals surface area contributed by atoms with Crippen LogP contribution in [0.1, 0.15) is 18.4 Å². The van der Waals surface area contributed by atoms with Crippen LogP contribution in [-0.4, -0.2) is 31.9 Å². The average Bonchev–Trinajstić information content (AvgIpc) is 2.41. The van der Waals surface area contributed by atoms with Crippen molar-refractivity contribution in [1.82, 2.24) is 0 Å². The van der Waals surface area contributed by atoms with Gasteiger partial charge in [0.1, 0.15) is 10.8 Å². The zero-order valence-electron chi connectivity index (χ0n) is 10.6. The van der Waals surface area contributed by atoms with Gasteiger partial charge in [0.2, 0.25) is 10.0 Å². The predicted octanol–water partition coefficient (Wildman–Crippen LogP) is 1.38. The standard InChI is InChI=1S/C12H15FN2O3S2/c13-11-2-1-8(7-10(11)12(14)19)15-20(16,17)9-3-5-18-6-4-9/h1-2,7,9,15H,3-6H2,(H2,14,19). The Morgan fingerprint density at radius 1 is 1.40 bits per heavy atom. The van der Waals surface area contributed by atoms with Crippen molar-refractivity contribution in [2.45, 2.75) is 18.1 Å². The number of anilines is 1. The molecule has 0 aromatic heterocycles. The number of sulfonamides is 1. The number of rotatable bonds is 4. The van der Waals surface area contributed by atoms with Gasteiger partial charge in [-0.3, -0.25) is 4.72 Å². The van der Waals surface area contributed by atoms with Gasteiger partial charge in [-0.2, -0.15) is 0 Å². The molecule has 1 aliphatic heterocycles. The smallest absolute Gasteiger partial charge is 0.235 e. The molecule has 0 saturated carbocycles. The number of thiocarbonyl (C=S) groups is 1. The van der Waals surface area contributed by atoms with Gasteiger partial charge in [-0.25, -0.2) is 12.8 Å². The summed E-state index contributed by atoms with van der Waals surface area (Å²) < 4.78 is 45.4. The maximum Gasteiger partial charge on any atom is 0.235 e. The molecule has 2 rings (SSSR count). The van der Waals surface area contributed by atoms with Crippen LogP contribution in [0.4, 0.5) is 10.1 Å². The third-order valence-corrected chi connectivity index (χ3v) is 5.19. The van der Waals surface area contributed by atoms with Crippen LogP contribution in [0.25, 0.3) is 0 Å². The van der Waals surface area contributed by atoms with Crippen molar-refractivity contribution in [3.05, 3.63) is 29.6 Å². The highest BCUT2D eigenvalue weighted by atomic mass is 32.2. The first-order valence-electron chi connectivity index (χ1n) is 6.09. The van der Waals surface area contributed by atoms with Gasteiger partial charge in [-0.1, -0.05) is 12.2 Å². The Labute approximate surface area is 122 Å². The molecule has 110 valence electrons. The molecule has 1 saturated heterocycles. The maximum atomic E-state index is 13.4. The average molecular weight is 318 g/mol. The minimum atomic E-state index is -3.53. The molecule has 0 bridgehead atoms. The molecule has 8 heteroatoms. The summed E-state index contributed by atoms with van der Waals surface area (Å²) >= 11 is 4.72. The van der Waals surface area contributed by atoms with E-state index in [0.29, 0.717) is 26.1 Å². The summed E-state index contributed by atoms with van der Waals surface area (Å²) in [4.78, 5) is -0.116. The van der Waals surface area contributed by atoms with Crippen molar-refractivity contribution >= 4 is 32.9 Å². The normalized spacial score (nSPS) is 16.9. The number of benzene rings is 1. The highest BCUT2D eigenvalue weighted by Gasteiger charge is 2.27. The Bertz CT molecular complexity index is 613. The number of nitrogens with two attached hydrogens (primary N) is 1. The fourth-order valence-electron chi connectivity index (χ4n) is 2.01. The lowest BCUT2D eigenvalue weighted by molar-refractivity contribution is 0.0984. The van der Waals surface area contributed by atoms with Gasteiger partial charge in [0, 0.05) is 24.5 Å². The Morgan fingerprint density at radius 3 is 2.65 bits per heavy atom. The topological polar surface area (TPSA) is 81.4 Å². The molecule has 0 spiro atoms. The second-order valence-corrected chi connectivity index (χ2v) is 6.92. The Morgan fingerprint density at radius 2 is 2.05 bits per heavy atom. The first kappa shape index (κ1) is 15.1. The molecule has 1 fully saturated rings. The molecule has 1 aromatic rings. The lowest BCUT2D eigenvalue weighted by Gasteiger charge is -2.22. The summed E-state index contributed by atoms with van der Waals surface area (Å²) in [5.74, 6) is -0.577. The third kappa shape index (κ3) is 3.44. The highest BCUT2D eigenvalue weighted by molar-refractivity contribution is 7.93. The molecular weight excluding hydrogens is 303 g/mol. The lowest BCUT2D eigenvalue weighted by Crippen LogP contribution is -2.33. The Hall–Kier alpha value is -1.25. The Balaban J connectivity index is 2.20. The minimum Gasteiger partial charge on any atom is -0.389 e. The van der Waals surface area contributed by atoms with Crippen LogP contribution in [0.3, 0.4) is 0 Å². The van der Waals surface area contributed by atoms with E-state index in [1.54, 1.807) is 0 Å². The molecule has 0 aliphatic carbocycles. The van der Waals surface area contributed by atoms with Gasteiger partial charge in [-0.05, 0) is 31.0 Å². The quantitative estimate of drug-likeness (QED) is 0.820. The number of nitrogens with one attached hydrogen (secondary N) is 1. The van der Waals surface area contributed by atoms with E-state index in [-0.39, 0.29) is 16.2 Å². The molecular formula is C12H15FN2O3S2. The van der Waals surface area contributed by atoms with Crippen molar-refractivity contribution < 1.29 is 17.5 Å². The summed E-state index contributed by atoms with van der Waals surface area (Å²) in [6.07, 6.45) is 0.886. The molecule has 1 heterocycles. The van der Waals surface area contributed by atoms with E-state index in [2.05, 4.69) is 4.72 Å². The van der Waals surface area contributed by atoms with Crippen LogP contribution < -0.4 is 10.5 Å². The van der Waals surface area contributed by atoms with Crippen molar-refractivity contribution in [2.24, 2.45) is 5.73 Å². The second-order valence-electron chi connectivity index (χ2n) is 4.52. The number of ether oxygens (including phenoxy) is 1. The van der Waals surface area contributed by atoms with E-state index in [0.717, 1.165) is 6.07 Å². The van der Waals surface area contributed by atoms with E-state index in [4.69, 9.17) is 22.7 Å². The first-order valence-corrected chi connectivity index (χ1v) is 8.04. The monoisotopic (exact) mass is 318 g/mol. The number of hydrogen-bond acceptors (Lipinski definition) is 4. The molecule has 1 aliphatic rings. The van der Waals surface area contributed by atoms with Gasteiger partial charge in [0.15, 0.2) is 0 Å². The second kappa shape index (κ2) is 6.02. The fourth-order valence-corrected chi connectivity index (χ4v) is 3.60. The minimum absolute atomic E-state index is 0.0205. The van der Waals surface area contributed by atoms with Gasteiger partial charge in [0.05, 0.1) is 5.25 Å². The summed E-state index contributed by atoms with van der Waals surface area (Å²) in [7, 11) is -3.53. The van der Waals surface area contributed by atoms with Crippen LogP contribution >= 0.6 is 12.2 Å². The first-order chi connectivity index (χ1) is 9.40. The zero-order valence-corrected chi connectivity index (χ0v) is 12.3. The summed E-state index contributed by atoms with van der Waals surface area (Å²) in [5, 5.41) is -0.505. The van der Waals surface area contributed by atoms with Gasteiger partial charge < -0.3 is 10.5 Å². The van der Waals surface area contributed by atoms with Crippen LogP contribution in [0.15, 0.2) is 18.2 Å². The summed E-state index contributed by atoms with van der Waals surface area (Å²) in [5.41, 5.74) is 5.66. The molecule has 0 radical (unpaired) electrons. The molecule has 5 nitrogen and oxygen atoms in total. The van der Waals surface area contributed by atoms with E-state index in [1.807, 2.05) is 0 Å². The third-order valence-electron chi connectivity index (χ3n) is 3.10. The van der Waals surface area contributed by atoms with Gasteiger partial charge in [0.25, 0.3) is 0 Å². The Kier molecular flexibility index (Phi) is 4.56. The zero-order chi connectivity index (χ0) is 14.8. The summed E-state index contributed by atoms with van der Waals surface area (Å²) in [6, 6.07) is 3.78. The van der Waals surface area contributed by atoms with E-state index >= 15 is 0 Å². The number of hydrogen-bond donors (Lipinski definition) is 2.